The highest BCUT2D eigenvalue weighted by atomic mass is 16.5. The second-order valence-electron chi connectivity index (χ2n) is 9.13. The molecular formula is C27H30N2O5. The number of hydrogen-bond donors (Lipinski definition) is 2. The first-order chi connectivity index (χ1) is 16.3. The Kier molecular flexibility index (Phi) is 7.01. The standard InChI is InChI=1S/C27H30N2O5/c1-17(2)29(15-25(30)31)26(32)18-8-7-9-19(14-18)28-27(33)34-16-24-22-12-5-3-10-20(22)21-11-4-6-13-23(21)24/h3-7,9-13,17-19,24H,8,14-16H2,1-2H3,(H,28,33)(H,30,31). The fraction of sp³-hybridized carbons (Fsp3) is 0.370. The lowest BCUT2D eigenvalue weighted by Gasteiger charge is -2.32. The Labute approximate surface area is 199 Å². The van der Waals surface area contributed by atoms with Crippen molar-refractivity contribution < 1.29 is 24.2 Å². The van der Waals surface area contributed by atoms with Crippen molar-refractivity contribution >= 4 is 18.0 Å². The fourth-order valence-corrected chi connectivity index (χ4v) is 4.88. The van der Waals surface area contributed by atoms with Crippen molar-refractivity contribution in [1.29, 1.82) is 0 Å². The minimum atomic E-state index is -1.04. The van der Waals surface area contributed by atoms with E-state index in [0.29, 0.717) is 12.8 Å². The highest BCUT2D eigenvalue weighted by Crippen LogP contribution is 2.44. The third-order valence-corrected chi connectivity index (χ3v) is 6.54. The Balaban J connectivity index is 1.36. The molecule has 7 nitrogen and oxygen atoms in total. The van der Waals surface area contributed by atoms with E-state index in [4.69, 9.17) is 9.84 Å². The van der Waals surface area contributed by atoms with Gasteiger partial charge in [0.05, 0.1) is 6.04 Å². The van der Waals surface area contributed by atoms with Crippen LogP contribution in [0.5, 0.6) is 0 Å². The molecule has 0 saturated carbocycles. The summed E-state index contributed by atoms with van der Waals surface area (Å²) in [5.41, 5.74) is 4.62. The summed E-state index contributed by atoms with van der Waals surface area (Å²) in [7, 11) is 0. The van der Waals surface area contributed by atoms with Gasteiger partial charge < -0.3 is 20.1 Å². The van der Waals surface area contributed by atoms with Crippen LogP contribution in [0.25, 0.3) is 11.1 Å². The van der Waals surface area contributed by atoms with Crippen LogP contribution < -0.4 is 5.32 Å². The molecule has 0 bridgehead atoms. The molecule has 2 aromatic rings. The summed E-state index contributed by atoms with van der Waals surface area (Å²) in [6.45, 7) is 3.48. The maximum absolute atomic E-state index is 12.9. The molecule has 0 heterocycles. The Morgan fingerprint density at radius 3 is 2.26 bits per heavy atom. The molecule has 0 spiro atoms. The molecule has 2 unspecified atom stereocenters. The summed E-state index contributed by atoms with van der Waals surface area (Å²) in [6.07, 6.45) is 4.12. The molecule has 2 aliphatic carbocycles. The first-order valence-corrected chi connectivity index (χ1v) is 11.7. The van der Waals surface area contributed by atoms with Crippen molar-refractivity contribution in [2.75, 3.05) is 13.2 Å². The predicted molar refractivity (Wildman–Crippen MR) is 128 cm³/mol. The van der Waals surface area contributed by atoms with Gasteiger partial charge in [-0.2, -0.15) is 0 Å². The number of carboxylic acids is 1. The van der Waals surface area contributed by atoms with Gasteiger partial charge in [0.2, 0.25) is 5.91 Å². The van der Waals surface area contributed by atoms with Gasteiger partial charge in [0.25, 0.3) is 0 Å². The third-order valence-electron chi connectivity index (χ3n) is 6.54. The number of alkyl carbamates (subject to hydrolysis) is 1. The van der Waals surface area contributed by atoms with Crippen molar-refractivity contribution in [3.8, 4) is 11.1 Å². The van der Waals surface area contributed by atoms with Gasteiger partial charge in [-0.3, -0.25) is 9.59 Å². The number of nitrogens with zero attached hydrogens (tertiary/aromatic N) is 1. The minimum absolute atomic E-state index is 0.0232. The molecule has 4 rings (SSSR count). The Morgan fingerprint density at radius 2 is 1.68 bits per heavy atom. The lowest BCUT2D eigenvalue weighted by Crippen LogP contribution is -2.46. The molecule has 0 fully saturated rings. The van der Waals surface area contributed by atoms with E-state index in [1.54, 1.807) is 13.8 Å². The number of carboxylic acid groups (broad SMARTS) is 1. The Hall–Kier alpha value is -3.61. The van der Waals surface area contributed by atoms with E-state index in [-0.39, 0.29) is 43.0 Å². The number of aliphatic carboxylic acids is 1. The van der Waals surface area contributed by atoms with E-state index < -0.39 is 12.1 Å². The lowest BCUT2D eigenvalue weighted by molar-refractivity contribution is -0.148. The van der Waals surface area contributed by atoms with Gasteiger partial charge in [0.1, 0.15) is 13.2 Å². The van der Waals surface area contributed by atoms with Crippen molar-refractivity contribution in [2.24, 2.45) is 5.92 Å². The van der Waals surface area contributed by atoms with Crippen LogP contribution in [0, 0.1) is 5.92 Å². The summed E-state index contributed by atoms with van der Waals surface area (Å²) in [4.78, 5) is 38.1. The first kappa shape index (κ1) is 23.5. The summed E-state index contributed by atoms with van der Waals surface area (Å²) in [5.74, 6) is -1.65. The third kappa shape index (κ3) is 4.98. The van der Waals surface area contributed by atoms with Gasteiger partial charge in [-0.05, 0) is 48.9 Å². The molecule has 0 saturated heterocycles. The molecule has 0 radical (unpaired) electrons. The van der Waals surface area contributed by atoms with E-state index in [1.165, 1.54) is 16.0 Å². The van der Waals surface area contributed by atoms with E-state index in [2.05, 4.69) is 29.6 Å². The summed E-state index contributed by atoms with van der Waals surface area (Å²) < 4.78 is 5.62. The molecule has 178 valence electrons. The number of fused-ring (bicyclic) bond motifs is 3. The summed E-state index contributed by atoms with van der Waals surface area (Å²) in [5, 5.41) is 12.0. The van der Waals surface area contributed by atoms with Crippen LogP contribution in [0.15, 0.2) is 60.7 Å². The van der Waals surface area contributed by atoms with Gasteiger partial charge in [-0.15, -0.1) is 0 Å². The SMILES string of the molecule is CC(C)N(CC(=O)O)C(=O)C1CC=CC(NC(=O)OCC2c3ccccc3-c3ccccc32)C1. The zero-order valence-electron chi connectivity index (χ0n) is 19.4. The Bertz CT molecular complexity index is 1060. The summed E-state index contributed by atoms with van der Waals surface area (Å²) >= 11 is 0. The van der Waals surface area contributed by atoms with Crippen molar-refractivity contribution in [3.63, 3.8) is 0 Å². The molecule has 0 aromatic heterocycles. The number of carbonyl (C=O) groups excluding carboxylic acids is 2. The highest BCUT2D eigenvalue weighted by Gasteiger charge is 2.32. The average molecular weight is 463 g/mol. The Morgan fingerprint density at radius 1 is 1.06 bits per heavy atom. The van der Waals surface area contributed by atoms with Crippen LogP contribution in [0.2, 0.25) is 0 Å². The smallest absolute Gasteiger partial charge is 0.407 e. The number of amides is 2. The van der Waals surface area contributed by atoms with E-state index >= 15 is 0 Å². The number of benzene rings is 2. The molecule has 2 aliphatic rings. The molecule has 34 heavy (non-hydrogen) atoms. The van der Waals surface area contributed by atoms with E-state index in [0.717, 1.165) is 11.1 Å². The maximum Gasteiger partial charge on any atom is 0.407 e. The number of rotatable bonds is 7. The van der Waals surface area contributed by atoms with E-state index in [9.17, 15) is 14.4 Å². The zero-order valence-corrected chi connectivity index (χ0v) is 19.4. The number of carbonyl (C=O) groups is 3. The molecule has 2 N–H and O–H groups in total. The van der Waals surface area contributed by atoms with Gasteiger partial charge in [-0.25, -0.2) is 4.79 Å². The van der Waals surface area contributed by atoms with Crippen LogP contribution in [-0.4, -0.2) is 53.2 Å². The average Bonchev–Trinajstić information content (AvgIpc) is 3.14. The second kappa shape index (κ2) is 10.1. The van der Waals surface area contributed by atoms with Gasteiger partial charge in [0.15, 0.2) is 0 Å². The molecule has 2 amide bonds. The monoisotopic (exact) mass is 462 g/mol. The van der Waals surface area contributed by atoms with Crippen molar-refractivity contribution in [3.05, 3.63) is 71.8 Å². The van der Waals surface area contributed by atoms with E-state index in [1.807, 2.05) is 36.4 Å². The van der Waals surface area contributed by atoms with Crippen LogP contribution in [0.3, 0.4) is 0 Å². The van der Waals surface area contributed by atoms with Crippen LogP contribution in [-0.2, 0) is 14.3 Å². The topological polar surface area (TPSA) is 95.9 Å². The van der Waals surface area contributed by atoms with Crippen molar-refractivity contribution in [1.82, 2.24) is 10.2 Å². The maximum atomic E-state index is 12.9. The number of nitrogens with one attached hydrogen (secondary N) is 1. The van der Waals surface area contributed by atoms with Gasteiger partial charge in [-0.1, -0.05) is 60.7 Å². The lowest BCUT2D eigenvalue weighted by atomic mass is 9.89. The second-order valence-corrected chi connectivity index (χ2v) is 9.13. The van der Waals surface area contributed by atoms with Crippen LogP contribution in [0.1, 0.15) is 43.7 Å². The molecular weight excluding hydrogens is 432 g/mol. The highest BCUT2D eigenvalue weighted by molar-refractivity contribution is 5.84. The minimum Gasteiger partial charge on any atom is -0.480 e. The first-order valence-electron chi connectivity index (χ1n) is 11.7. The fourth-order valence-electron chi connectivity index (χ4n) is 4.88. The number of hydrogen-bond acceptors (Lipinski definition) is 4. The largest absolute Gasteiger partial charge is 0.480 e. The van der Waals surface area contributed by atoms with Crippen molar-refractivity contribution in [2.45, 2.75) is 44.7 Å². The predicted octanol–water partition coefficient (Wildman–Crippen LogP) is 4.18. The normalized spacial score (nSPS) is 18.8. The van der Waals surface area contributed by atoms with Crippen LogP contribution in [0.4, 0.5) is 4.79 Å². The van der Waals surface area contributed by atoms with Gasteiger partial charge in [0, 0.05) is 17.9 Å². The number of ether oxygens (including phenoxy) is 1. The molecule has 0 aliphatic heterocycles. The summed E-state index contributed by atoms with van der Waals surface area (Å²) in [6, 6.07) is 15.7. The molecule has 2 atom stereocenters. The zero-order chi connectivity index (χ0) is 24.2. The molecule has 2 aromatic carbocycles. The van der Waals surface area contributed by atoms with Gasteiger partial charge >= 0.3 is 12.1 Å². The van der Waals surface area contributed by atoms with Crippen LogP contribution >= 0.6 is 0 Å². The number of allylic oxidation sites excluding steroid dienone is 1. The molecule has 7 heteroatoms. The quantitative estimate of drug-likeness (QED) is 0.602.